The van der Waals surface area contributed by atoms with Crippen LogP contribution in [-0.2, 0) is 7.05 Å². The Kier molecular flexibility index (Phi) is 4.14. The van der Waals surface area contributed by atoms with Crippen molar-refractivity contribution in [2.45, 2.75) is 6.42 Å². The maximum atomic E-state index is 12.5. The van der Waals surface area contributed by atoms with E-state index in [1.807, 2.05) is 31.4 Å². The van der Waals surface area contributed by atoms with Crippen LogP contribution in [-0.4, -0.2) is 38.0 Å². The fraction of sp³-hybridized carbons (Fsp3) is 0.211. The van der Waals surface area contributed by atoms with Crippen LogP contribution in [0, 0.1) is 0 Å². The van der Waals surface area contributed by atoms with Crippen LogP contribution in [0.25, 0.3) is 32.8 Å². The molecule has 7 heteroatoms. The van der Waals surface area contributed by atoms with E-state index in [4.69, 9.17) is 5.11 Å². The first kappa shape index (κ1) is 16.3. The summed E-state index contributed by atoms with van der Waals surface area (Å²) in [5.41, 5.74) is 2.45. The van der Waals surface area contributed by atoms with Crippen molar-refractivity contribution in [1.29, 1.82) is 0 Å². The highest BCUT2D eigenvalue weighted by Crippen LogP contribution is 2.31. The SMILES string of the molecule is Cn1cc(-c2ccc3c(NCCCO)nc4cc[nH]c(=O)c4c3c2)cn1. The lowest BCUT2D eigenvalue weighted by molar-refractivity contribution is 0.292. The summed E-state index contributed by atoms with van der Waals surface area (Å²) < 4.78 is 1.75. The molecule has 4 rings (SSSR count). The van der Waals surface area contributed by atoms with E-state index in [1.54, 1.807) is 23.1 Å². The molecule has 132 valence electrons. The van der Waals surface area contributed by atoms with E-state index >= 15 is 0 Å². The summed E-state index contributed by atoms with van der Waals surface area (Å²) in [6.07, 6.45) is 5.97. The van der Waals surface area contributed by atoms with Crippen molar-refractivity contribution < 1.29 is 5.11 Å². The summed E-state index contributed by atoms with van der Waals surface area (Å²) in [4.78, 5) is 19.8. The third kappa shape index (κ3) is 2.82. The van der Waals surface area contributed by atoms with Crippen molar-refractivity contribution in [2.75, 3.05) is 18.5 Å². The van der Waals surface area contributed by atoms with Crippen molar-refractivity contribution in [3.05, 3.63) is 53.2 Å². The number of aryl methyl sites for hydroxylation is 1. The van der Waals surface area contributed by atoms with Gasteiger partial charge in [-0.25, -0.2) is 4.98 Å². The summed E-state index contributed by atoms with van der Waals surface area (Å²) in [5.74, 6) is 0.712. The Morgan fingerprint density at radius 1 is 1.23 bits per heavy atom. The zero-order valence-electron chi connectivity index (χ0n) is 14.4. The van der Waals surface area contributed by atoms with Gasteiger partial charge >= 0.3 is 0 Å². The second kappa shape index (κ2) is 6.61. The highest BCUT2D eigenvalue weighted by atomic mass is 16.3. The molecule has 0 amide bonds. The van der Waals surface area contributed by atoms with Crippen LogP contribution in [0.1, 0.15) is 6.42 Å². The van der Waals surface area contributed by atoms with Gasteiger partial charge in [0.25, 0.3) is 5.56 Å². The van der Waals surface area contributed by atoms with Gasteiger partial charge in [0.2, 0.25) is 0 Å². The van der Waals surface area contributed by atoms with Gasteiger partial charge in [0.1, 0.15) is 5.82 Å². The van der Waals surface area contributed by atoms with E-state index in [0.717, 1.165) is 21.9 Å². The summed E-state index contributed by atoms with van der Waals surface area (Å²) in [5, 5.41) is 18.8. The Labute approximate surface area is 149 Å². The second-order valence-electron chi connectivity index (χ2n) is 6.19. The molecule has 4 aromatic rings. The number of fused-ring (bicyclic) bond motifs is 3. The third-order valence-electron chi connectivity index (χ3n) is 4.38. The van der Waals surface area contributed by atoms with Gasteiger partial charge < -0.3 is 15.4 Å². The number of aromatic nitrogens is 4. The molecule has 26 heavy (non-hydrogen) atoms. The number of anilines is 1. The number of benzene rings is 1. The number of hydrogen-bond donors (Lipinski definition) is 3. The Bertz CT molecular complexity index is 1150. The summed E-state index contributed by atoms with van der Waals surface area (Å²) >= 11 is 0. The van der Waals surface area contributed by atoms with Gasteiger partial charge in [0.15, 0.2) is 0 Å². The first-order chi connectivity index (χ1) is 12.7. The predicted molar refractivity (Wildman–Crippen MR) is 102 cm³/mol. The van der Waals surface area contributed by atoms with Gasteiger partial charge in [-0.3, -0.25) is 9.48 Å². The van der Waals surface area contributed by atoms with Crippen LogP contribution in [0.3, 0.4) is 0 Å². The molecule has 0 saturated carbocycles. The molecule has 0 atom stereocenters. The lowest BCUT2D eigenvalue weighted by Gasteiger charge is -2.12. The largest absolute Gasteiger partial charge is 0.396 e. The van der Waals surface area contributed by atoms with E-state index in [2.05, 4.69) is 20.4 Å². The summed E-state index contributed by atoms with van der Waals surface area (Å²) in [6, 6.07) is 7.77. The number of hydrogen-bond acceptors (Lipinski definition) is 5. The lowest BCUT2D eigenvalue weighted by Crippen LogP contribution is -2.10. The molecule has 0 saturated heterocycles. The molecule has 3 heterocycles. The maximum absolute atomic E-state index is 12.5. The fourth-order valence-corrected chi connectivity index (χ4v) is 3.13. The Morgan fingerprint density at radius 2 is 2.12 bits per heavy atom. The number of rotatable bonds is 5. The van der Waals surface area contributed by atoms with E-state index in [1.165, 1.54) is 0 Å². The number of nitrogens with zero attached hydrogens (tertiary/aromatic N) is 3. The number of aliphatic hydroxyl groups excluding tert-OH is 1. The van der Waals surface area contributed by atoms with Crippen molar-refractivity contribution in [2.24, 2.45) is 7.05 Å². The van der Waals surface area contributed by atoms with Crippen LogP contribution in [0.4, 0.5) is 5.82 Å². The minimum absolute atomic E-state index is 0.114. The lowest BCUT2D eigenvalue weighted by atomic mass is 10.0. The number of nitrogens with one attached hydrogen (secondary N) is 2. The minimum Gasteiger partial charge on any atom is -0.396 e. The van der Waals surface area contributed by atoms with Crippen molar-refractivity contribution in [3.63, 3.8) is 0 Å². The minimum atomic E-state index is -0.162. The van der Waals surface area contributed by atoms with E-state index in [0.29, 0.717) is 29.7 Å². The molecule has 0 aliphatic carbocycles. The van der Waals surface area contributed by atoms with Gasteiger partial charge in [0, 0.05) is 48.9 Å². The predicted octanol–water partition coefficient (Wildman–Crippen LogP) is 2.27. The van der Waals surface area contributed by atoms with E-state index < -0.39 is 0 Å². The molecule has 1 aromatic carbocycles. The summed E-state index contributed by atoms with van der Waals surface area (Å²) in [6.45, 7) is 0.723. The number of aliphatic hydroxyl groups is 1. The Balaban J connectivity index is 1.97. The highest BCUT2D eigenvalue weighted by molar-refractivity contribution is 6.10. The normalized spacial score (nSPS) is 11.3. The number of pyridine rings is 2. The average Bonchev–Trinajstić information content (AvgIpc) is 3.08. The quantitative estimate of drug-likeness (QED) is 0.379. The van der Waals surface area contributed by atoms with Gasteiger partial charge in [0.05, 0.1) is 17.1 Å². The zero-order valence-corrected chi connectivity index (χ0v) is 14.4. The molecule has 0 radical (unpaired) electrons. The Hall–Kier alpha value is -3.19. The highest BCUT2D eigenvalue weighted by Gasteiger charge is 2.12. The first-order valence-corrected chi connectivity index (χ1v) is 8.46. The van der Waals surface area contributed by atoms with Crippen LogP contribution in [0.15, 0.2) is 47.7 Å². The van der Waals surface area contributed by atoms with Crippen molar-refractivity contribution >= 4 is 27.5 Å². The van der Waals surface area contributed by atoms with Gasteiger partial charge in [-0.2, -0.15) is 5.10 Å². The Morgan fingerprint density at radius 3 is 2.88 bits per heavy atom. The maximum Gasteiger partial charge on any atom is 0.258 e. The third-order valence-corrected chi connectivity index (χ3v) is 4.38. The molecule has 0 bridgehead atoms. The molecular weight excluding hydrogens is 330 g/mol. The molecule has 3 aromatic heterocycles. The van der Waals surface area contributed by atoms with Crippen LogP contribution >= 0.6 is 0 Å². The monoisotopic (exact) mass is 349 g/mol. The molecule has 0 fully saturated rings. The number of aromatic amines is 1. The first-order valence-electron chi connectivity index (χ1n) is 8.46. The topological polar surface area (TPSA) is 95.8 Å². The molecule has 0 unspecified atom stereocenters. The second-order valence-corrected chi connectivity index (χ2v) is 6.19. The van der Waals surface area contributed by atoms with Crippen LogP contribution in [0.2, 0.25) is 0 Å². The van der Waals surface area contributed by atoms with Crippen molar-refractivity contribution in [1.82, 2.24) is 19.7 Å². The molecule has 0 spiro atoms. The standard InChI is InChI=1S/C19H19N5O2/c1-24-11-13(10-22-24)12-3-4-14-15(9-12)17-16(5-7-21-19(17)26)23-18(14)20-6-2-8-25/h3-5,7,9-11,25H,2,6,8H2,1H3,(H,20,23)(H,21,26). The summed E-state index contributed by atoms with van der Waals surface area (Å²) in [7, 11) is 1.87. The molecule has 0 aliphatic rings. The van der Waals surface area contributed by atoms with E-state index in [9.17, 15) is 4.79 Å². The molecule has 3 N–H and O–H groups in total. The van der Waals surface area contributed by atoms with Gasteiger partial charge in [-0.15, -0.1) is 0 Å². The smallest absolute Gasteiger partial charge is 0.258 e. The molecular formula is C19H19N5O2. The van der Waals surface area contributed by atoms with E-state index in [-0.39, 0.29) is 12.2 Å². The fourth-order valence-electron chi connectivity index (χ4n) is 3.13. The zero-order chi connectivity index (χ0) is 18.1. The van der Waals surface area contributed by atoms with Crippen LogP contribution in [0.5, 0.6) is 0 Å². The number of H-pyrrole nitrogens is 1. The van der Waals surface area contributed by atoms with Crippen molar-refractivity contribution in [3.8, 4) is 11.1 Å². The average molecular weight is 349 g/mol. The van der Waals surface area contributed by atoms with Gasteiger partial charge in [-0.1, -0.05) is 12.1 Å². The van der Waals surface area contributed by atoms with Crippen LogP contribution < -0.4 is 10.9 Å². The van der Waals surface area contributed by atoms with Gasteiger partial charge in [-0.05, 0) is 24.1 Å². The molecule has 0 aliphatic heterocycles. The molecule has 7 nitrogen and oxygen atoms in total.